The van der Waals surface area contributed by atoms with E-state index in [2.05, 4.69) is 6.58 Å². The maximum Gasteiger partial charge on any atom is 0.305 e. The van der Waals surface area contributed by atoms with E-state index in [0.29, 0.717) is 5.75 Å². The second-order valence-corrected chi connectivity index (χ2v) is 3.87. The average molecular weight is 220 g/mol. The molecule has 0 spiro atoms. The van der Waals surface area contributed by atoms with Gasteiger partial charge in [-0.25, -0.2) is 0 Å². The van der Waals surface area contributed by atoms with Crippen molar-refractivity contribution in [3.63, 3.8) is 0 Å². The SMILES string of the molecule is C=Cc1cccc(OC(C)(C)OC(C)=O)c1. The van der Waals surface area contributed by atoms with E-state index in [1.807, 2.05) is 18.2 Å². The number of carbonyl (C=O) groups is 1. The van der Waals surface area contributed by atoms with Gasteiger partial charge >= 0.3 is 5.97 Å². The molecule has 1 aromatic carbocycles. The monoisotopic (exact) mass is 220 g/mol. The fraction of sp³-hybridized carbons (Fsp3) is 0.308. The summed E-state index contributed by atoms with van der Waals surface area (Å²) in [6.45, 7) is 8.41. The minimum Gasteiger partial charge on any atom is -0.453 e. The van der Waals surface area contributed by atoms with E-state index in [4.69, 9.17) is 9.47 Å². The maximum atomic E-state index is 10.9. The predicted octanol–water partition coefficient (Wildman–Crippen LogP) is 3.01. The smallest absolute Gasteiger partial charge is 0.305 e. The van der Waals surface area contributed by atoms with Gasteiger partial charge in [0.15, 0.2) is 0 Å². The minimum absolute atomic E-state index is 0.370. The van der Waals surface area contributed by atoms with Gasteiger partial charge in [0.1, 0.15) is 5.75 Å². The number of ether oxygens (including phenoxy) is 2. The third kappa shape index (κ3) is 3.77. The van der Waals surface area contributed by atoms with Crippen LogP contribution >= 0.6 is 0 Å². The van der Waals surface area contributed by atoms with Crippen molar-refractivity contribution in [2.45, 2.75) is 26.6 Å². The Morgan fingerprint density at radius 2 is 2.12 bits per heavy atom. The molecule has 0 bridgehead atoms. The molecule has 0 saturated carbocycles. The van der Waals surface area contributed by atoms with E-state index >= 15 is 0 Å². The third-order valence-electron chi connectivity index (χ3n) is 1.85. The van der Waals surface area contributed by atoms with Crippen molar-refractivity contribution < 1.29 is 14.3 Å². The van der Waals surface area contributed by atoms with Crippen molar-refractivity contribution in [1.82, 2.24) is 0 Å². The van der Waals surface area contributed by atoms with E-state index in [1.165, 1.54) is 6.92 Å². The lowest BCUT2D eigenvalue weighted by Crippen LogP contribution is -2.33. The first-order valence-electron chi connectivity index (χ1n) is 5.04. The first-order valence-corrected chi connectivity index (χ1v) is 5.04. The Bertz CT molecular complexity index is 394. The Morgan fingerprint density at radius 1 is 1.44 bits per heavy atom. The molecule has 0 heterocycles. The van der Waals surface area contributed by atoms with Crippen molar-refractivity contribution in [3.05, 3.63) is 36.4 Å². The number of esters is 1. The topological polar surface area (TPSA) is 35.5 Å². The lowest BCUT2D eigenvalue weighted by molar-refractivity contribution is -0.183. The van der Waals surface area contributed by atoms with Crippen LogP contribution in [-0.4, -0.2) is 11.8 Å². The normalized spacial score (nSPS) is 10.7. The van der Waals surface area contributed by atoms with Crippen LogP contribution in [0.25, 0.3) is 6.08 Å². The number of carbonyl (C=O) groups excluding carboxylic acids is 1. The molecule has 0 aliphatic heterocycles. The summed E-state index contributed by atoms with van der Waals surface area (Å²) < 4.78 is 10.6. The zero-order valence-electron chi connectivity index (χ0n) is 9.82. The van der Waals surface area contributed by atoms with Gasteiger partial charge in [-0.2, -0.15) is 0 Å². The first-order chi connectivity index (χ1) is 7.43. The minimum atomic E-state index is -0.967. The van der Waals surface area contributed by atoms with E-state index in [-0.39, 0.29) is 5.97 Å². The highest BCUT2D eigenvalue weighted by Crippen LogP contribution is 2.21. The molecule has 0 fully saturated rings. The molecule has 0 aliphatic rings. The van der Waals surface area contributed by atoms with Gasteiger partial charge in [0, 0.05) is 20.8 Å². The molecule has 0 saturated heterocycles. The van der Waals surface area contributed by atoms with Crippen LogP contribution in [0.15, 0.2) is 30.8 Å². The quantitative estimate of drug-likeness (QED) is 0.578. The van der Waals surface area contributed by atoms with Crippen LogP contribution in [0, 0.1) is 0 Å². The van der Waals surface area contributed by atoms with Gasteiger partial charge < -0.3 is 9.47 Å². The van der Waals surface area contributed by atoms with Crippen molar-refractivity contribution in [3.8, 4) is 5.75 Å². The largest absolute Gasteiger partial charge is 0.453 e. The summed E-state index contributed by atoms with van der Waals surface area (Å²) >= 11 is 0. The fourth-order valence-corrected chi connectivity index (χ4v) is 1.36. The molecule has 3 heteroatoms. The highest BCUT2D eigenvalue weighted by molar-refractivity contribution is 5.66. The highest BCUT2D eigenvalue weighted by atomic mass is 16.7. The standard InChI is InChI=1S/C13H16O3/c1-5-11-7-6-8-12(9-11)16-13(3,4)15-10(2)14/h5-9H,1H2,2-4H3. The van der Waals surface area contributed by atoms with E-state index < -0.39 is 5.79 Å². The number of benzene rings is 1. The molecule has 0 unspecified atom stereocenters. The highest BCUT2D eigenvalue weighted by Gasteiger charge is 2.22. The Morgan fingerprint density at radius 3 is 2.69 bits per heavy atom. The zero-order valence-corrected chi connectivity index (χ0v) is 9.82. The molecule has 0 amide bonds. The summed E-state index contributed by atoms with van der Waals surface area (Å²) in [7, 11) is 0. The summed E-state index contributed by atoms with van der Waals surface area (Å²) in [6, 6.07) is 7.41. The Hall–Kier alpha value is -1.77. The van der Waals surface area contributed by atoms with Crippen LogP contribution in [0.1, 0.15) is 26.3 Å². The molecule has 0 aromatic heterocycles. The van der Waals surface area contributed by atoms with Crippen molar-refractivity contribution >= 4 is 12.0 Å². The van der Waals surface area contributed by atoms with Gasteiger partial charge in [-0.3, -0.25) is 4.79 Å². The summed E-state index contributed by atoms with van der Waals surface area (Å²) in [4.78, 5) is 10.9. The van der Waals surface area contributed by atoms with Crippen LogP contribution < -0.4 is 4.74 Å². The third-order valence-corrected chi connectivity index (χ3v) is 1.85. The van der Waals surface area contributed by atoms with Gasteiger partial charge in [0.25, 0.3) is 0 Å². The summed E-state index contributed by atoms with van der Waals surface area (Å²) in [6.07, 6.45) is 1.73. The Labute approximate surface area is 95.7 Å². The second-order valence-electron chi connectivity index (χ2n) is 3.87. The van der Waals surface area contributed by atoms with Crippen molar-refractivity contribution in [1.29, 1.82) is 0 Å². The Kier molecular flexibility index (Phi) is 3.72. The van der Waals surface area contributed by atoms with Crippen LogP contribution in [0.4, 0.5) is 0 Å². The van der Waals surface area contributed by atoms with Crippen LogP contribution in [-0.2, 0) is 9.53 Å². The molecule has 0 aliphatic carbocycles. The predicted molar refractivity (Wildman–Crippen MR) is 63.0 cm³/mol. The van der Waals surface area contributed by atoms with Gasteiger partial charge in [-0.15, -0.1) is 0 Å². The first kappa shape index (κ1) is 12.3. The van der Waals surface area contributed by atoms with Crippen molar-refractivity contribution in [2.75, 3.05) is 0 Å². The molecule has 86 valence electrons. The molecule has 3 nitrogen and oxygen atoms in total. The summed E-state index contributed by atoms with van der Waals surface area (Å²) in [5, 5.41) is 0. The van der Waals surface area contributed by atoms with E-state index in [9.17, 15) is 4.79 Å². The lowest BCUT2D eigenvalue weighted by Gasteiger charge is -2.25. The molecule has 0 N–H and O–H groups in total. The molecular weight excluding hydrogens is 204 g/mol. The number of rotatable bonds is 4. The number of hydrogen-bond acceptors (Lipinski definition) is 3. The van der Waals surface area contributed by atoms with Gasteiger partial charge in [-0.05, 0) is 17.7 Å². The van der Waals surface area contributed by atoms with Crippen LogP contribution in [0.3, 0.4) is 0 Å². The number of hydrogen-bond donors (Lipinski definition) is 0. The molecule has 0 radical (unpaired) electrons. The fourth-order valence-electron chi connectivity index (χ4n) is 1.36. The second kappa shape index (κ2) is 4.84. The van der Waals surface area contributed by atoms with Crippen molar-refractivity contribution in [2.24, 2.45) is 0 Å². The van der Waals surface area contributed by atoms with Gasteiger partial charge in [0.2, 0.25) is 5.79 Å². The molecule has 0 atom stereocenters. The summed E-state index contributed by atoms with van der Waals surface area (Å²) in [5.74, 6) is -0.695. The maximum absolute atomic E-state index is 10.9. The Balaban J connectivity index is 2.78. The van der Waals surface area contributed by atoms with Gasteiger partial charge in [0.05, 0.1) is 0 Å². The molecular formula is C13H16O3. The van der Waals surface area contributed by atoms with Crippen LogP contribution in [0.5, 0.6) is 5.75 Å². The molecule has 1 aromatic rings. The zero-order chi connectivity index (χ0) is 12.2. The molecule has 16 heavy (non-hydrogen) atoms. The van der Waals surface area contributed by atoms with Gasteiger partial charge in [-0.1, -0.05) is 24.8 Å². The molecule has 1 rings (SSSR count). The summed E-state index contributed by atoms with van der Waals surface area (Å²) in [5.41, 5.74) is 0.955. The van der Waals surface area contributed by atoms with Crippen LogP contribution in [0.2, 0.25) is 0 Å². The van der Waals surface area contributed by atoms with E-state index in [0.717, 1.165) is 5.56 Å². The average Bonchev–Trinajstić information content (AvgIpc) is 2.15. The lowest BCUT2D eigenvalue weighted by atomic mass is 10.2. The van der Waals surface area contributed by atoms with E-state index in [1.54, 1.807) is 26.0 Å².